The van der Waals surface area contributed by atoms with Gasteiger partial charge in [-0.15, -0.1) is 0 Å². The fourth-order valence-electron chi connectivity index (χ4n) is 2.68. The van der Waals surface area contributed by atoms with Crippen LogP contribution in [0, 0.1) is 0 Å². The lowest BCUT2D eigenvalue weighted by atomic mass is 10.1. The molecule has 0 radical (unpaired) electrons. The highest BCUT2D eigenvalue weighted by atomic mass is 16.5. The second-order valence-corrected chi connectivity index (χ2v) is 7.89. The molecule has 6 heteroatoms. The summed E-state index contributed by atoms with van der Waals surface area (Å²) in [7, 11) is 0. The van der Waals surface area contributed by atoms with Gasteiger partial charge in [-0.2, -0.15) is 0 Å². The zero-order valence-electron chi connectivity index (χ0n) is 19.4. The Balaban J connectivity index is 0. The summed E-state index contributed by atoms with van der Waals surface area (Å²) in [5.74, 6) is -0.187. The number of aliphatic hydroxyl groups excluding tert-OH is 4. The van der Waals surface area contributed by atoms with E-state index in [0.717, 1.165) is 12.8 Å². The molecule has 1 unspecified atom stereocenters. The first-order valence-electron chi connectivity index (χ1n) is 11.9. The van der Waals surface area contributed by atoms with Crippen molar-refractivity contribution >= 4 is 5.97 Å². The second-order valence-electron chi connectivity index (χ2n) is 7.89. The van der Waals surface area contributed by atoms with E-state index in [1.54, 1.807) is 6.92 Å². The van der Waals surface area contributed by atoms with Crippen LogP contribution in [-0.2, 0) is 9.53 Å². The number of carbonyl (C=O) groups excluding carboxylic acids is 1. The first kappa shape index (κ1) is 31.2. The van der Waals surface area contributed by atoms with Gasteiger partial charge in [0.25, 0.3) is 0 Å². The minimum atomic E-state index is -0.954. The molecule has 0 aliphatic carbocycles. The molecule has 180 valence electrons. The van der Waals surface area contributed by atoms with Crippen molar-refractivity contribution < 1.29 is 30.0 Å². The van der Waals surface area contributed by atoms with Crippen molar-refractivity contribution in [3.05, 3.63) is 12.2 Å². The quantitative estimate of drug-likeness (QED) is 0.138. The molecule has 0 amide bonds. The predicted octanol–water partition coefficient (Wildman–Crippen LogP) is 4.28. The maximum atomic E-state index is 11.3. The summed E-state index contributed by atoms with van der Waals surface area (Å²) >= 11 is 0. The fourth-order valence-corrected chi connectivity index (χ4v) is 2.68. The minimum absolute atomic E-state index is 0.115. The van der Waals surface area contributed by atoms with Crippen molar-refractivity contribution in [1.29, 1.82) is 0 Å². The molecule has 0 saturated heterocycles. The van der Waals surface area contributed by atoms with Crippen LogP contribution >= 0.6 is 0 Å². The maximum absolute atomic E-state index is 11.3. The van der Waals surface area contributed by atoms with Crippen LogP contribution in [0.1, 0.15) is 104 Å². The van der Waals surface area contributed by atoms with Gasteiger partial charge in [0.2, 0.25) is 0 Å². The Bertz CT molecular complexity index is 367. The Morgan fingerprint density at radius 3 is 1.70 bits per heavy atom. The third kappa shape index (κ3) is 29.3. The number of aliphatic hydroxyl groups is 4. The summed E-state index contributed by atoms with van der Waals surface area (Å²) in [4.78, 5) is 11.3. The molecular weight excluding hydrogens is 384 g/mol. The summed E-state index contributed by atoms with van der Waals surface area (Å²) in [5, 5.41) is 33.0. The number of rotatable bonds is 19. The summed E-state index contributed by atoms with van der Waals surface area (Å²) < 4.78 is 4.92. The molecule has 30 heavy (non-hydrogen) atoms. The highest BCUT2D eigenvalue weighted by molar-refractivity contribution is 5.69. The van der Waals surface area contributed by atoms with Crippen LogP contribution in [0.2, 0.25) is 0 Å². The van der Waals surface area contributed by atoms with Gasteiger partial charge in [0.15, 0.2) is 0 Å². The van der Waals surface area contributed by atoms with Gasteiger partial charge in [-0.1, -0.05) is 70.4 Å². The molecule has 0 aromatic carbocycles. The molecule has 0 rings (SSSR count). The highest BCUT2D eigenvalue weighted by Gasteiger charge is 2.04. The SMILES string of the molecule is CCCCCCCCC=CCCCCCCCC(=O)OCC(C)O.OCC(O)CO. The Morgan fingerprint density at radius 1 is 0.800 bits per heavy atom. The first-order chi connectivity index (χ1) is 14.5. The van der Waals surface area contributed by atoms with E-state index in [0.29, 0.717) is 6.42 Å². The number of esters is 1. The van der Waals surface area contributed by atoms with Crippen LogP contribution < -0.4 is 0 Å². The minimum Gasteiger partial charge on any atom is -0.463 e. The lowest BCUT2D eigenvalue weighted by molar-refractivity contribution is -0.146. The van der Waals surface area contributed by atoms with E-state index < -0.39 is 12.2 Å². The van der Waals surface area contributed by atoms with Gasteiger partial charge in [-0.3, -0.25) is 4.79 Å². The van der Waals surface area contributed by atoms with Crippen LogP contribution in [0.15, 0.2) is 12.2 Å². The molecule has 6 nitrogen and oxygen atoms in total. The lowest BCUT2D eigenvalue weighted by Crippen LogP contribution is -2.15. The number of allylic oxidation sites excluding steroid dienone is 2. The van der Waals surface area contributed by atoms with Crippen LogP contribution in [0.25, 0.3) is 0 Å². The number of ether oxygens (including phenoxy) is 1. The lowest BCUT2D eigenvalue weighted by Gasteiger charge is -2.06. The van der Waals surface area contributed by atoms with E-state index in [-0.39, 0.29) is 25.8 Å². The van der Waals surface area contributed by atoms with Crippen molar-refractivity contribution in [2.75, 3.05) is 19.8 Å². The van der Waals surface area contributed by atoms with Crippen molar-refractivity contribution in [1.82, 2.24) is 0 Å². The number of unbranched alkanes of at least 4 members (excludes halogenated alkanes) is 11. The molecule has 0 aromatic heterocycles. The Kier molecular flexibility index (Phi) is 27.2. The van der Waals surface area contributed by atoms with Gasteiger partial charge in [0, 0.05) is 6.42 Å². The van der Waals surface area contributed by atoms with Crippen molar-refractivity contribution in [2.45, 2.75) is 116 Å². The molecule has 0 bridgehead atoms. The molecule has 0 saturated carbocycles. The molecule has 4 N–H and O–H groups in total. The summed E-state index contributed by atoms with van der Waals surface area (Å²) in [5.41, 5.74) is 0. The van der Waals surface area contributed by atoms with Gasteiger partial charge in [0.1, 0.15) is 12.7 Å². The Morgan fingerprint density at radius 2 is 1.27 bits per heavy atom. The Hall–Kier alpha value is -0.950. The van der Waals surface area contributed by atoms with Crippen molar-refractivity contribution in [3.63, 3.8) is 0 Å². The smallest absolute Gasteiger partial charge is 0.305 e. The third-order valence-electron chi connectivity index (χ3n) is 4.55. The van der Waals surface area contributed by atoms with Crippen molar-refractivity contribution in [2.24, 2.45) is 0 Å². The first-order valence-corrected chi connectivity index (χ1v) is 11.9. The van der Waals surface area contributed by atoms with Gasteiger partial charge < -0.3 is 25.2 Å². The van der Waals surface area contributed by atoms with E-state index in [1.165, 1.54) is 70.6 Å². The van der Waals surface area contributed by atoms with Gasteiger partial charge in [0.05, 0.1) is 19.3 Å². The van der Waals surface area contributed by atoms with Crippen LogP contribution in [0.4, 0.5) is 0 Å². The predicted molar refractivity (Wildman–Crippen MR) is 122 cm³/mol. The van der Waals surface area contributed by atoms with Gasteiger partial charge in [-0.25, -0.2) is 0 Å². The van der Waals surface area contributed by atoms with E-state index in [2.05, 4.69) is 19.1 Å². The number of hydrogen-bond donors (Lipinski definition) is 4. The average molecular weight is 433 g/mol. The molecule has 0 aliphatic heterocycles. The summed E-state index contributed by atoms with van der Waals surface area (Å²) in [6.07, 6.45) is 20.0. The van der Waals surface area contributed by atoms with Gasteiger partial charge in [-0.05, 0) is 39.0 Å². The van der Waals surface area contributed by atoms with Crippen LogP contribution in [0.5, 0.6) is 0 Å². The van der Waals surface area contributed by atoms with Crippen LogP contribution in [-0.4, -0.2) is 58.4 Å². The number of carbonyl (C=O) groups is 1. The normalized spacial score (nSPS) is 12.1. The monoisotopic (exact) mass is 432 g/mol. The van der Waals surface area contributed by atoms with Crippen LogP contribution in [0.3, 0.4) is 0 Å². The largest absolute Gasteiger partial charge is 0.463 e. The van der Waals surface area contributed by atoms with E-state index in [9.17, 15) is 4.79 Å². The molecule has 0 spiro atoms. The molecule has 1 atom stereocenters. The maximum Gasteiger partial charge on any atom is 0.305 e. The second kappa shape index (κ2) is 26.1. The highest BCUT2D eigenvalue weighted by Crippen LogP contribution is 2.10. The van der Waals surface area contributed by atoms with E-state index >= 15 is 0 Å². The van der Waals surface area contributed by atoms with E-state index in [4.69, 9.17) is 25.2 Å². The van der Waals surface area contributed by atoms with E-state index in [1.807, 2.05) is 0 Å². The molecule has 0 aromatic rings. The summed E-state index contributed by atoms with van der Waals surface area (Å²) in [6.45, 7) is 3.27. The average Bonchev–Trinajstić information content (AvgIpc) is 2.74. The molecule has 0 fully saturated rings. The Labute approximate surface area is 184 Å². The summed E-state index contributed by atoms with van der Waals surface area (Å²) in [6, 6.07) is 0. The fraction of sp³-hybridized carbons (Fsp3) is 0.875. The molecule has 0 heterocycles. The van der Waals surface area contributed by atoms with Gasteiger partial charge >= 0.3 is 5.97 Å². The third-order valence-corrected chi connectivity index (χ3v) is 4.55. The topological polar surface area (TPSA) is 107 Å². The zero-order chi connectivity index (χ0) is 22.9. The zero-order valence-corrected chi connectivity index (χ0v) is 19.4. The van der Waals surface area contributed by atoms with Crippen molar-refractivity contribution in [3.8, 4) is 0 Å². The molecule has 0 aliphatic rings. The number of hydrogen-bond acceptors (Lipinski definition) is 6. The molecular formula is C24H48O6. The standard InChI is InChI=1S/C21H40O3.C3H8O3/c1-3-4-5-6-7-8-9-10-11-12-13-14-15-16-17-18-21(23)24-19-20(2)22;4-1-3(6)2-5/h10-11,20,22H,3-9,12-19H2,1-2H3;3-6H,1-2H2.